The highest BCUT2D eigenvalue weighted by atomic mass is 15.1. The van der Waals surface area contributed by atoms with Gasteiger partial charge in [-0.15, -0.1) is 0 Å². The SMILES string of the molecule is Cc1nc(-c2cc(C)[nH]n2)cc(C2CCCNC2)n1. The summed E-state index contributed by atoms with van der Waals surface area (Å²) in [5.74, 6) is 1.31. The summed E-state index contributed by atoms with van der Waals surface area (Å²) in [6.45, 7) is 6.07. The van der Waals surface area contributed by atoms with E-state index in [1.165, 1.54) is 12.8 Å². The van der Waals surface area contributed by atoms with E-state index in [1.54, 1.807) is 0 Å². The van der Waals surface area contributed by atoms with E-state index in [-0.39, 0.29) is 0 Å². The zero-order chi connectivity index (χ0) is 13.2. The van der Waals surface area contributed by atoms with Crippen LogP contribution in [-0.4, -0.2) is 33.3 Å². The highest BCUT2D eigenvalue weighted by Crippen LogP contribution is 2.25. The van der Waals surface area contributed by atoms with Gasteiger partial charge in [0.1, 0.15) is 11.5 Å². The second-order valence-corrected chi connectivity index (χ2v) is 5.20. The Morgan fingerprint density at radius 1 is 1.16 bits per heavy atom. The van der Waals surface area contributed by atoms with Crippen molar-refractivity contribution in [3.05, 3.63) is 29.3 Å². The summed E-state index contributed by atoms with van der Waals surface area (Å²) in [5, 5.41) is 10.7. The molecule has 2 aromatic rings. The number of nitrogens with zero attached hydrogens (tertiary/aromatic N) is 3. The number of rotatable bonds is 2. The van der Waals surface area contributed by atoms with Crippen molar-refractivity contribution >= 4 is 0 Å². The van der Waals surface area contributed by atoms with Crippen molar-refractivity contribution in [3.8, 4) is 11.4 Å². The molecule has 0 aromatic carbocycles. The Hall–Kier alpha value is -1.75. The van der Waals surface area contributed by atoms with Gasteiger partial charge in [-0.3, -0.25) is 5.10 Å². The van der Waals surface area contributed by atoms with Crippen LogP contribution in [0, 0.1) is 13.8 Å². The van der Waals surface area contributed by atoms with E-state index >= 15 is 0 Å². The van der Waals surface area contributed by atoms with Gasteiger partial charge in [-0.1, -0.05) is 0 Å². The predicted molar refractivity (Wildman–Crippen MR) is 73.9 cm³/mol. The van der Waals surface area contributed by atoms with Crippen LogP contribution in [0.25, 0.3) is 11.4 Å². The molecule has 0 bridgehead atoms. The van der Waals surface area contributed by atoms with Gasteiger partial charge in [0.05, 0.1) is 5.69 Å². The number of piperidine rings is 1. The molecule has 1 unspecified atom stereocenters. The average molecular weight is 257 g/mol. The first-order valence-corrected chi connectivity index (χ1v) is 6.81. The number of aromatic nitrogens is 4. The quantitative estimate of drug-likeness (QED) is 0.863. The predicted octanol–water partition coefficient (Wildman–Crippen LogP) is 1.95. The molecule has 0 aliphatic carbocycles. The summed E-state index contributed by atoms with van der Waals surface area (Å²) >= 11 is 0. The van der Waals surface area contributed by atoms with Crippen LogP contribution in [0.15, 0.2) is 12.1 Å². The van der Waals surface area contributed by atoms with Crippen molar-refractivity contribution in [1.29, 1.82) is 0 Å². The standard InChI is InChI=1S/C14H19N5/c1-9-6-14(19-18-9)13-7-12(16-10(2)17-13)11-4-3-5-15-8-11/h6-7,11,15H,3-5,8H2,1-2H3,(H,18,19). The highest BCUT2D eigenvalue weighted by Gasteiger charge is 2.18. The Bertz CT molecular complexity index is 569. The lowest BCUT2D eigenvalue weighted by Crippen LogP contribution is -2.29. The van der Waals surface area contributed by atoms with Crippen LogP contribution in [-0.2, 0) is 0 Å². The van der Waals surface area contributed by atoms with Crippen molar-refractivity contribution in [3.63, 3.8) is 0 Å². The lowest BCUT2D eigenvalue weighted by molar-refractivity contribution is 0.453. The molecule has 1 atom stereocenters. The zero-order valence-electron chi connectivity index (χ0n) is 11.4. The van der Waals surface area contributed by atoms with Crippen LogP contribution in [0.1, 0.15) is 36.0 Å². The van der Waals surface area contributed by atoms with Gasteiger partial charge in [0, 0.05) is 23.9 Å². The summed E-state index contributed by atoms with van der Waals surface area (Å²) in [4.78, 5) is 9.10. The maximum absolute atomic E-state index is 4.60. The molecule has 1 saturated heterocycles. The van der Waals surface area contributed by atoms with E-state index < -0.39 is 0 Å². The summed E-state index contributed by atoms with van der Waals surface area (Å²) in [6.07, 6.45) is 2.41. The molecule has 5 nitrogen and oxygen atoms in total. The Kier molecular flexibility index (Phi) is 3.29. The molecule has 0 amide bonds. The average Bonchev–Trinajstić information content (AvgIpc) is 2.86. The van der Waals surface area contributed by atoms with E-state index in [1.807, 2.05) is 19.9 Å². The summed E-state index contributed by atoms with van der Waals surface area (Å²) in [6, 6.07) is 4.10. The van der Waals surface area contributed by atoms with E-state index in [4.69, 9.17) is 0 Å². The number of hydrogen-bond donors (Lipinski definition) is 2. The van der Waals surface area contributed by atoms with E-state index in [0.717, 1.165) is 41.7 Å². The fraction of sp³-hybridized carbons (Fsp3) is 0.500. The van der Waals surface area contributed by atoms with Crippen molar-refractivity contribution in [2.24, 2.45) is 0 Å². The van der Waals surface area contributed by atoms with Gasteiger partial charge in [-0.05, 0) is 45.4 Å². The molecule has 1 aliphatic rings. The van der Waals surface area contributed by atoms with Crippen LogP contribution in [0.2, 0.25) is 0 Å². The molecule has 2 N–H and O–H groups in total. The minimum Gasteiger partial charge on any atom is -0.316 e. The molecule has 1 aliphatic heterocycles. The van der Waals surface area contributed by atoms with E-state index in [2.05, 4.69) is 31.5 Å². The molecule has 2 aromatic heterocycles. The molecular formula is C14H19N5. The minimum absolute atomic E-state index is 0.495. The first kappa shape index (κ1) is 12.3. The van der Waals surface area contributed by atoms with Crippen molar-refractivity contribution < 1.29 is 0 Å². The first-order chi connectivity index (χ1) is 9.22. The Labute approximate surface area is 112 Å². The molecule has 19 heavy (non-hydrogen) atoms. The fourth-order valence-corrected chi connectivity index (χ4v) is 2.58. The normalized spacial score (nSPS) is 19.6. The Morgan fingerprint density at radius 2 is 2.05 bits per heavy atom. The van der Waals surface area contributed by atoms with Crippen molar-refractivity contribution in [2.45, 2.75) is 32.6 Å². The number of nitrogens with one attached hydrogen (secondary N) is 2. The third kappa shape index (κ3) is 2.66. The zero-order valence-corrected chi connectivity index (χ0v) is 11.4. The van der Waals surface area contributed by atoms with Crippen LogP contribution in [0.5, 0.6) is 0 Å². The third-order valence-corrected chi connectivity index (χ3v) is 3.54. The number of hydrogen-bond acceptors (Lipinski definition) is 4. The van der Waals surface area contributed by atoms with Crippen LogP contribution >= 0.6 is 0 Å². The molecule has 1 fully saturated rings. The number of H-pyrrole nitrogens is 1. The fourth-order valence-electron chi connectivity index (χ4n) is 2.58. The Balaban J connectivity index is 1.95. The molecule has 3 heterocycles. The summed E-state index contributed by atoms with van der Waals surface area (Å²) in [5.41, 5.74) is 3.99. The summed E-state index contributed by atoms with van der Waals surface area (Å²) < 4.78 is 0. The highest BCUT2D eigenvalue weighted by molar-refractivity contribution is 5.54. The molecule has 3 rings (SSSR count). The lowest BCUT2D eigenvalue weighted by atomic mass is 9.95. The molecule has 5 heteroatoms. The molecule has 0 saturated carbocycles. The lowest BCUT2D eigenvalue weighted by Gasteiger charge is -2.22. The molecular weight excluding hydrogens is 238 g/mol. The van der Waals surface area contributed by atoms with Crippen molar-refractivity contribution in [2.75, 3.05) is 13.1 Å². The summed E-state index contributed by atoms with van der Waals surface area (Å²) in [7, 11) is 0. The second-order valence-electron chi connectivity index (χ2n) is 5.20. The third-order valence-electron chi connectivity index (χ3n) is 3.54. The van der Waals surface area contributed by atoms with Crippen LogP contribution < -0.4 is 5.32 Å². The van der Waals surface area contributed by atoms with Crippen molar-refractivity contribution in [1.82, 2.24) is 25.5 Å². The minimum atomic E-state index is 0.495. The molecule has 100 valence electrons. The van der Waals surface area contributed by atoms with E-state index in [9.17, 15) is 0 Å². The molecule has 0 spiro atoms. The van der Waals surface area contributed by atoms with Gasteiger partial charge >= 0.3 is 0 Å². The monoisotopic (exact) mass is 257 g/mol. The topological polar surface area (TPSA) is 66.5 Å². The van der Waals surface area contributed by atoms with Crippen LogP contribution in [0.4, 0.5) is 0 Å². The van der Waals surface area contributed by atoms with Gasteiger partial charge in [0.15, 0.2) is 0 Å². The number of aromatic amines is 1. The number of aryl methyl sites for hydroxylation is 2. The first-order valence-electron chi connectivity index (χ1n) is 6.81. The van der Waals surface area contributed by atoms with Gasteiger partial charge in [-0.2, -0.15) is 5.10 Å². The molecule has 0 radical (unpaired) electrons. The second kappa shape index (κ2) is 5.09. The van der Waals surface area contributed by atoms with Gasteiger partial charge < -0.3 is 5.32 Å². The largest absolute Gasteiger partial charge is 0.316 e. The van der Waals surface area contributed by atoms with Crippen LogP contribution in [0.3, 0.4) is 0 Å². The maximum Gasteiger partial charge on any atom is 0.126 e. The smallest absolute Gasteiger partial charge is 0.126 e. The Morgan fingerprint density at radius 3 is 2.74 bits per heavy atom. The van der Waals surface area contributed by atoms with Gasteiger partial charge in [0.2, 0.25) is 0 Å². The maximum atomic E-state index is 4.60. The van der Waals surface area contributed by atoms with Gasteiger partial charge in [0.25, 0.3) is 0 Å². The van der Waals surface area contributed by atoms with Gasteiger partial charge in [-0.25, -0.2) is 9.97 Å². The van der Waals surface area contributed by atoms with E-state index in [0.29, 0.717) is 5.92 Å².